The van der Waals surface area contributed by atoms with Gasteiger partial charge in [0.2, 0.25) is 0 Å². The maximum atomic E-state index is 15.1. The third kappa shape index (κ3) is 6.08. The first-order valence-corrected chi connectivity index (χ1v) is 17.2. The zero-order valence-electron chi connectivity index (χ0n) is 31.2. The van der Waals surface area contributed by atoms with Crippen LogP contribution < -0.4 is 0 Å². The van der Waals surface area contributed by atoms with E-state index in [1.807, 2.05) is 0 Å². The van der Waals surface area contributed by atoms with Crippen molar-refractivity contribution in [3.8, 4) is 0 Å². The van der Waals surface area contributed by atoms with Crippen LogP contribution in [0.25, 0.3) is 0 Å². The molecule has 0 amide bonds. The van der Waals surface area contributed by atoms with Crippen molar-refractivity contribution in [2.45, 2.75) is 116 Å². The van der Waals surface area contributed by atoms with Crippen LogP contribution in [-0.2, 0) is 71.5 Å². The fraction of sp³-hybridized carbons (Fsp3) is 0.639. The standard InChI is InChI=1S/C36H43NO17/c1-15-16(2)31(44)53-29-26(49-18(4)39)30(52-21(7)42)35(14-47-17(3)38)28(51-20(6)41)25(43)23-27(50-19(5)40)36(35,34(29,9)46)54-33(23,8)13-48-32(45)22-11-10-12-37-24(15)22/h10-12,15-16,23,26-30,46H,13-14H2,1-9H3/t15-,16-,23+,26+,27-,28+,29-,30+,33-,34+,35-,36-/m1/s1. The zero-order chi connectivity index (χ0) is 40.3. The lowest BCUT2D eigenvalue weighted by Gasteiger charge is -2.66. The molecule has 3 heterocycles. The quantitative estimate of drug-likeness (QED) is 0.309. The molecule has 18 heteroatoms. The molecule has 1 aromatic heterocycles. The molecule has 4 aliphatic rings. The van der Waals surface area contributed by atoms with Gasteiger partial charge < -0.3 is 43.0 Å². The van der Waals surface area contributed by atoms with Gasteiger partial charge in [0.1, 0.15) is 35.9 Å². The van der Waals surface area contributed by atoms with Crippen LogP contribution >= 0.6 is 0 Å². The van der Waals surface area contributed by atoms with Crippen molar-refractivity contribution >= 4 is 47.6 Å². The second-order valence-corrected chi connectivity index (χ2v) is 14.6. The number of nitrogens with zero attached hydrogens (tertiary/aromatic N) is 1. The van der Waals surface area contributed by atoms with Gasteiger partial charge in [0, 0.05) is 46.7 Å². The molecule has 1 aromatic rings. The van der Waals surface area contributed by atoms with Crippen molar-refractivity contribution in [2.75, 3.05) is 13.2 Å². The molecule has 1 saturated heterocycles. The summed E-state index contributed by atoms with van der Waals surface area (Å²) >= 11 is 0. The summed E-state index contributed by atoms with van der Waals surface area (Å²) in [6.07, 6.45) is -9.01. The molecule has 294 valence electrons. The summed E-state index contributed by atoms with van der Waals surface area (Å²) in [5.74, 6) is -12.0. The Morgan fingerprint density at radius 2 is 1.44 bits per heavy atom. The van der Waals surface area contributed by atoms with Gasteiger partial charge in [-0.3, -0.25) is 38.5 Å². The number of carbonyl (C=O) groups is 8. The number of cyclic esters (lactones) is 1. The summed E-state index contributed by atoms with van der Waals surface area (Å²) in [6, 6.07) is 2.88. The number of Topliss-reactive ketones (excluding diaryl/α,β-unsaturated/α-hetero) is 1. The molecule has 0 radical (unpaired) electrons. The first kappa shape index (κ1) is 40.2. The number of ketones is 1. The van der Waals surface area contributed by atoms with Crippen molar-refractivity contribution in [3.63, 3.8) is 0 Å². The largest absolute Gasteiger partial charge is 0.465 e. The van der Waals surface area contributed by atoms with Crippen LogP contribution in [0, 0.1) is 17.3 Å². The van der Waals surface area contributed by atoms with Gasteiger partial charge in [0.15, 0.2) is 35.8 Å². The molecule has 18 nitrogen and oxygen atoms in total. The molecule has 2 saturated carbocycles. The summed E-state index contributed by atoms with van der Waals surface area (Å²) in [7, 11) is 0. The molecule has 12 atom stereocenters. The predicted molar refractivity (Wildman–Crippen MR) is 175 cm³/mol. The molecule has 2 aliphatic heterocycles. The molecule has 0 aromatic carbocycles. The number of aromatic nitrogens is 1. The van der Waals surface area contributed by atoms with Crippen LogP contribution in [0.4, 0.5) is 0 Å². The van der Waals surface area contributed by atoms with E-state index < -0.39 is 131 Å². The number of aliphatic hydroxyl groups is 1. The Labute approximate surface area is 309 Å². The Morgan fingerprint density at radius 3 is 2.02 bits per heavy atom. The number of ether oxygens (including phenoxy) is 8. The number of esters is 7. The van der Waals surface area contributed by atoms with E-state index in [0.29, 0.717) is 0 Å². The lowest BCUT2D eigenvalue weighted by Crippen LogP contribution is -2.88. The normalized spacial score (nSPS) is 38.4. The number of pyridine rings is 1. The molecule has 5 rings (SSSR count). The number of fused-ring (bicyclic) bond motifs is 5. The molecule has 4 bridgehead atoms. The minimum atomic E-state index is -2.82. The van der Waals surface area contributed by atoms with Gasteiger partial charge in [-0.15, -0.1) is 0 Å². The third-order valence-electron chi connectivity index (χ3n) is 10.9. The number of hydrogen-bond acceptors (Lipinski definition) is 18. The lowest BCUT2D eigenvalue weighted by atomic mass is 9.45. The number of rotatable bonds is 6. The molecule has 1 spiro atoms. The van der Waals surface area contributed by atoms with Crippen LogP contribution in [0.5, 0.6) is 0 Å². The van der Waals surface area contributed by atoms with E-state index in [9.17, 15) is 38.7 Å². The van der Waals surface area contributed by atoms with Gasteiger partial charge in [-0.1, -0.05) is 13.8 Å². The maximum Gasteiger partial charge on any atom is 0.340 e. The van der Waals surface area contributed by atoms with Crippen LogP contribution in [0.3, 0.4) is 0 Å². The van der Waals surface area contributed by atoms with E-state index in [4.69, 9.17) is 37.9 Å². The summed E-state index contributed by atoms with van der Waals surface area (Å²) in [6.45, 7) is 8.38. The molecular weight excluding hydrogens is 718 g/mol. The maximum absolute atomic E-state index is 15.1. The van der Waals surface area contributed by atoms with Crippen LogP contribution in [-0.4, -0.2) is 118 Å². The lowest BCUT2D eigenvalue weighted by molar-refractivity contribution is -0.376. The van der Waals surface area contributed by atoms with Crippen LogP contribution in [0.1, 0.15) is 84.3 Å². The molecule has 0 unspecified atom stereocenters. The first-order valence-electron chi connectivity index (χ1n) is 17.2. The number of hydrogen-bond donors (Lipinski definition) is 1. The fourth-order valence-electron chi connectivity index (χ4n) is 8.70. The summed E-state index contributed by atoms with van der Waals surface area (Å²) in [4.78, 5) is 112. The van der Waals surface area contributed by atoms with E-state index in [1.165, 1.54) is 32.2 Å². The van der Waals surface area contributed by atoms with E-state index in [0.717, 1.165) is 41.5 Å². The Kier molecular flexibility index (Phi) is 10.4. The molecule has 1 N–H and O–H groups in total. The average molecular weight is 762 g/mol. The summed E-state index contributed by atoms with van der Waals surface area (Å²) in [5.41, 5.74) is -10.2. The van der Waals surface area contributed by atoms with Gasteiger partial charge in [-0.2, -0.15) is 0 Å². The van der Waals surface area contributed by atoms with Gasteiger partial charge >= 0.3 is 41.8 Å². The third-order valence-corrected chi connectivity index (χ3v) is 10.9. The highest BCUT2D eigenvalue weighted by molar-refractivity contribution is 5.94. The SMILES string of the molecule is CC(=O)OC[C@]12[C@@H](OC(C)=O)C(=O)[C@H]3[C@@H](OC(C)=O)[C@]14O[C@]3(C)COC(=O)c1cccnc1[C@H](C)[C@@H](C)C(=O)O[C@H]([C@H](OC(C)=O)[C@@H]2OC(C)=O)[C@]4(C)O. The Hall–Kier alpha value is -4.97. The van der Waals surface area contributed by atoms with Crippen molar-refractivity contribution in [2.24, 2.45) is 17.3 Å². The summed E-state index contributed by atoms with van der Waals surface area (Å²) in [5, 5.41) is 13.2. The molecule has 54 heavy (non-hydrogen) atoms. The summed E-state index contributed by atoms with van der Waals surface area (Å²) < 4.78 is 47.3. The Bertz CT molecular complexity index is 1790. The van der Waals surface area contributed by atoms with Crippen LogP contribution in [0.15, 0.2) is 18.3 Å². The minimum Gasteiger partial charge on any atom is -0.465 e. The van der Waals surface area contributed by atoms with Crippen molar-refractivity contribution in [3.05, 3.63) is 29.6 Å². The molecule has 2 aliphatic carbocycles. The number of carbonyl (C=O) groups excluding carboxylic acids is 8. The monoisotopic (exact) mass is 761 g/mol. The molecule has 3 fully saturated rings. The van der Waals surface area contributed by atoms with Crippen molar-refractivity contribution in [1.29, 1.82) is 0 Å². The fourth-order valence-corrected chi connectivity index (χ4v) is 8.70. The minimum absolute atomic E-state index is 0.0470. The van der Waals surface area contributed by atoms with Gasteiger partial charge in [0.05, 0.1) is 23.1 Å². The van der Waals surface area contributed by atoms with Gasteiger partial charge in [-0.25, -0.2) is 4.79 Å². The Morgan fingerprint density at radius 1 is 0.852 bits per heavy atom. The van der Waals surface area contributed by atoms with Gasteiger partial charge in [-0.05, 0) is 26.0 Å². The average Bonchev–Trinajstić information content (AvgIpc) is 3.30. The highest BCUT2D eigenvalue weighted by Gasteiger charge is 2.91. The predicted octanol–water partition coefficient (Wildman–Crippen LogP) is 0.671. The topological polar surface area (TPSA) is 244 Å². The zero-order valence-corrected chi connectivity index (χ0v) is 31.2. The highest BCUT2D eigenvalue weighted by atomic mass is 16.7. The van der Waals surface area contributed by atoms with E-state index in [2.05, 4.69) is 4.98 Å². The smallest absolute Gasteiger partial charge is 0.340 e. The van der Waals surface area contributed by atoms with Crippen molar-refractivity contribution in [1.82, 2.24) is 4.98 Å². The van der Waals surface area contributed by atoms with Crippen LogP contribution in [0.2, 0.25) is 0 Å². The molecular formula is C36H43NO17. The second-order valence-electron chi connectivity index (χ2n) is 14.6. The van der Waals surface area contributed by atoms with E-state index in [1.54, 1.807) is 6.92 Å². The first-order chi connectivity index (χ1) is 25.1. The van der Waals surface area contributed by atoms with Gasteiger partial charge in [0.25, 0.3) is 0 Å². The van der Waals surface area contributed by atoms with E-state index in [-0.39, 0.29) is 11.3 Å². The van der Waals surface area contributed by atoms with E-state index >= 15 is 4.79 Å². The Balaban J connectivity index is 1.97. The second kappa shape index (κ2) is 14.0. The highest BCUT2D eigenvalue weighted by Crippen LogP contribution is 2.69. The van der Waals surface area contributed by atoms with Crippen molar-refractivity contribution < 1.29 is 81.4 Å².